The zero-order valence-corrected chi connectivity index (χ0v) is 14.5. The van der Waals surface area contributed by atoms with Gasteiger partial charge in [0.1, 0.15) is 12.4 Å². The smallest absolute Gasteiger partial charge is 0.239 e. The van der Waals surface area contributed by atoms with Gasteiger partial charge in [-0.1, -0.05) is 31.9 Å². The van der Waals surface area contributed by atoms with Gasteiger partial charge in [-0.3, -0.25) is 4.79 Å². The normalized spacial score (nSPS) is 23.3. The molecule has 0 spiro atoms. The van der Waals surface area contributed by atoms with Gasteiger partial charge in [0, 0.05) is 6.54 Å². The predicted octanol–water partition coefficient (Wildman–Crippen LogP) is 2.60. The van der Waals surface area contributed by atoms with Gasteiger partial charge in [0.05, 0.1) is 31.5 Å². The molecule has 1 amide bonds. The van der Waals surface area contributed by atoms with Crippen molar-refractivity contribution in [3.8, 4) is 5.75 Å². The molecule has 2 atom stereocenters. The van der Waals surface area contributed by atoms with Crippen LogP contribution in [0.15, 0.2) is 24.3 Å². The first-order valence-electron chi connectivity index (χ1n) is 9.09. The molecule has 3 rings (SSSR count). The first-order valence-corrected chi connectivity index (χ1v) is 9.09. The highest BCUT2D eigenvalue weighted by Gasteiger charge is 2.22. The summed E-state index contributed by atoms with van der Waals surface area (Å²) >= 11 is 0. The van der Waals surface area contributed by atoms with Gasteiger partial charge in [-0.05, 0) is 30.9 Å². The third-order valence-corrected chi connectivity index (χ3v) is 4.95. The molecule has 1 fully saturated rings. The lowest BCUT2D eigenvalue weighted by Crippen LogP contribution is -2.42. The highest BCUT2D eigenvalue weighted by molar-refractivity contribution is 5.82. The van der Waals surface area contributed by atoms with E-state index in [0.717, 1.165) is 24.4 Å². The lowest BCUT2D eigenvalue weighted by molar-refractivity contribution is -0.120. The number of para-hydroxylation sites is 2. The number of carbonyl (C=O) groups excluding carboxylic acids is 1. The molecule has 24 heavy (non-hydrogen) atoms. The molecule has 2 aliphatic rings. The monoisotopic (exact) mass is 332 g/mol. The number of fused-ring (bicyclic) bond motifs is 1. The fraction of sp³-hybridized carbons (Fsp3) is 0.632. The largest absolute Gasteiger partial charge is 0.490 e. The molecule has 5 nitrogen and oxygen atoms in total. The number of rotatable bonds is 6. The van der Waals surface area contributed by atoms with Crippen molar-refractivity contribution in [1.29, 1.82) is 0 Å². The summed E-state index contributed by atoms with van der Waals surface area (Å²) in [5.74, 6) is 1.53. The quantitative estimate of drug-likeness (QED) is 0.814. The van der Waals surface area contributed by atoms with Gasteiger partial charge in [0.15, 0.2) is 0 Å². The summed E-state index contributed by atoms with van der Waals surface area (Å²) in [6.45, 7) is 5.15. The molecule has 1 heterocycles. The summed E-state index contributed by atoms with van der Waals surface area (Å²) in [4.78, 5) is 14.3. The minimum absolute atomic E-state index is 0.0343. The van der Waals surface area contributed by atoms with E-state index in [1.807, 2.05) is 24.3 Å². The Hall–Kier alpha value is -1.75. The third-order valence-electron chi connectivity index (χ3n) is 4.95. The molecule has 0 bridgehead atoms. The average Bonchev–Trinajstić information content (AvgIpc) is 2.60. The van der Waals surface area contributed by atoms with Crippen LogP contribution in [0.1, 0.15) is 32.6 Å². The second-order valence-corrected chi connectivity index (χ2v) is 6.76. The van der Waals surface area contributed by atoms with Gasteiger partial charge in [0.25, 0.3) is 0 Å². The fourth-order valence-corrected chi connectivity index (χ4v) is 3.55. The van der Waals surface area contributed by atoms with E-state index in [1.165, 1.54) is 19.3 Å². The van der Waals surface area contributed by atoms with Gasteiger partial charge in [0.2, 0.25) is 5.91 Å². The molecule has 132 valence electrons. The third kappa shape index (κ3) is 4.41. The van der Waals surface area contributed by atoms with Crippen LogP contribution in [0.25, 0.3) is 0 Å². The highest BCUT2D eigenvalue weighted by Crippen LogP contribution is 2.30. The standard InChI is InChI=1S/C19H28N2O3/c1-15-6-2-4-8-17(15)23-12-10-20-19(22)14-21-11-13-24-18-9-5-3-7-16(18)21/h3,5,7,9,15,17H,2,4,6,8,10-14H2,1H3,(H,20,22). The Morgan fingerprint density at radius 2 is 2.17 bits per heavy atom. The highest BCUT2D eigenvalue weighted by atomic mass is 16.5. The second-order valence-electron chi connectivity index (χ2n) is 6.76. The van der Waals surface area contributed by atoms with Crippen LogP contribution in [0, 0.1) is 5.92 Å². The molecule has 1 aliphatic carbocycles. The van der Waals surface area contributed by atoms with Crippen molar-refractivity contribution < 1.29 is 14.3 Å². The summed E-state index contributed by atoms with van der Waals surface area (Å²) in [5, 5.41) is 2.97. The number of hydrogen-bond donors (Lipinski definition) is 1. The van der Waals surface area contributed by atoms with E-state index in [0.29, 0.717) is 38.3 Å². The van der Waals surface area contributed by atoms with Gasteiger partial charge >= 0.3 is 0 Å². The Morgan fingerprint density at radius 1 is 1.33 bits per heavy atom. The Bertz CT molecular complexity index is 549. The average molecular weight is 332 g/mol. The lowest BCUT2D eigenvalue weighted by atomic mass is 9.88. The fourth-order valence-electron chi connectivity index (χ4n) is 3.55. The van der Waals surface area contributed by atoms with Crippen molar-refractivity contribution in [1.82, 2.24) is 5.32 Å². The number of benzene rings is 1. The number of nitrogens with zero attached hydrogens (tertiary/aromatic N) is 1. The number of carbonyl (C=O) groups is 1. The van der Waals surface area contributed by atoms with E-state index in [2.05, 4.69) is 17.1 Å². The maximum Gasteiger partial charge on any atom is 0.239 e. The van der Waals surface area contributed by atoms with E-state index in [-0.39, 0.29) is 5.91 Å². The van der Waals surface area contributed by atoms with Crippen LogP contribution in [0.4, 0.5) is 5.69 Å². The maximum absolute atomic E-state index is 12.2. The minimum atomic E-state index is 0.0343. The van der Waals surface area contributed by atoms with Crippen molar-refractivity contribution in [2.45, 2.75) is 38.7 Å². The molecular formula is C19H28N2O3. The van der Waals surface area contributed by atoms with E-state index in [9.17, 15) is 4.79 Å². The van der Waals surface area contributed by atoms with Crippen LogP contribution < -0.4 is 15.0 Å². The van der Waals surface area contributed by atoms with Crippen LogP contribution >= 0.6 is 0 Å². The SMILES string of the molecule is CC1CCCCC1OCCNC(=O)CN1CCOc2ccccc21. The topological polar surface area (TPSA) is 50.8 Å². The van der Waals surface area contributed by atoms with Crippen molar-refractivity contribution in [3.63, 3.8) is 0 Å². The number of amides is 1. The number of anilines is 1. The molecule has 5 heteroatoms. The molecule has 0 radical (unpaired) electrons. The lowest BCUT2D eigenvalue weighted by Gasteiger charge is -2.30. The van der Waals surface area contributed by atoms with E-state index in [4.69, 9.17) is 9.47 Å². The number of ether oxygens (including phenoxy) is 2. The van der Waals surface area contributed by atoms with Crippen molar-refractivity contribution in [2.75, 3.05) is 37.7 Å². The second kappa shape index (κ2) is 8.38. The van der Waals surface area contributed by atoms with E-state index in [1.54, 1.807) is 0 Å². The first-order chi connectivity index (χ1) is 11.7. The Morgan fingerprint density at radius 3 is 3.04 bits per heavy atom. The van der Waals surface area contributed by atoms with E-state index < -0.39 is 0 Å². The summed E-state index contributed by atoms with van der Waals surface area (Å²) in [7, 11) is 0. The minimum Gasteiger partial charge on any atom is -0.490 e. The molecule has 0 saturated heterocycles. The van der Waals surface area contributed by atoms with Crippen molar-refractivity contribution in [3.05, 3.63) is 24.3 Å². The molecular weight excluding hydrogens is 304 g/mol. The van der Waals surface area contributed by atoms with Gasteiger partial charge < -0.3 is 19.7 Å². The molecule has 2 unspecified atom stereocenters. The van der Waals surface area contributed by atoms with Crippen LogP contribution in [-0.4, -0.2) is 44.9 Å². The molecule has 1 aliphatic heterocycles. The Kier molecular flexibility index (Phi) is 5.96. The zero-order chi connectivity index (χ0) is 16.8. The van der Waals surface area contributed by atoms with Crippen molar-refractivity contribution >= 4 is 11.6 Å². The predicted molar refractivity (Wildman–Crippen MR) is 94.5 cm³/mol. The molecule has 1 saturated carbocycles. The molecule has 0 aromatic heterocycles. The molecule has 1 aromatic rings. The molecule has 1 N–H and O–H groups in total. The van der Waals surface area contributed by atoms with Gasteiger partial charge in [-0.25, -0.2) is 0 Å². The summed E-state index contributed by atoms with van der Waals surface area (Å²) in [6.07, 6.45) is 5.35. The Balaban J connectivity index is 1.39. The first kappa shape index (κ1) is 17.1. The van der Waals surface area contributed by atoms with Gasteiger partial charge in [-0.2, -0.15) is 0 Å². The molecule has 1 aromatic carbocycles. The zero-order valence-electron chi connectivity index (χ0n) is 14.5. The Labute approximate surface area is 144 Å². The van der Waals surface area contributed by atoms with Crippen LogP contribution in [0.3, 0.4) is 0 Å². The summed E-state index contributed by atoms with van der Waals surface area (Å²) < 4.78 is 11.6. The summed E-state index contributed by atoms with van der Waals surface area (Å²) in [5.41, 5.74) is 0.992. The maximum atomic E-state index is 12.2. The number of hydrogen-bond acceptors (Lipinski definition) is 4. The van der Waals surface area contributed by atoms with Crippen LogP contribution in [0.2, 0.25) is 0 Å². The van der Waals surface area contributed by atoms with Crippen LogP contribution in [-0.2, 0) is 9.53 Å². The van der Waals surface area contributed by atoms with E-state index >= 15 is 0 Å². The van der Waals surface area contributed by atoms with Crippen molar-refractivity contribution in [2.24, 2.45) is 5.92 Å². The summed E-state index contributed by atoms with van der Waals surface area (Å²) in [6, 6.07) is 7.86. The number of nitrogens with one attached hydrogen (secondary N) is 1. The van der Waals surface area contributed by atoms with Crippen LogP contribution in [0.5, 0.6) is 5.75 Å². The van der Waals surface area contributed by atoms with Gasteiger partial charge in [-0.15, -0.1) is 0 Å².